The Hall–Kier alpha value is -2.94. The first-order valence-corrected chi connectivity index (χ1v) is 11.4. The van der Waals surface area contributed by atoms with Gasteiger partial charge in [0.1, 0.15) is 0 Å². The van der Waals surface area contributed by atoms with Gasteiger partial charge in [-0.15, -0.1) is 0 Å². The monoisotopic (exact) mass is 409 g/mol. The van der Waals surface area contributed by atoms with E-state index in [4.69, 9.17) is 0 Å². The van der Waals surface area contributed by atoms with E-state index in [1.165, 1.54) is 5.56 Å². The average molecular weight is 410 g/mol. The zero-order valence-electron chi connectivity index (χ0n) is 18.4. The zero-order chi connectivity index (χ0) is 21.5. The number of rotatable bonds is 2. The molecule has 1 saturated carbocycles. The van der Waals surface area contributed by atoms with Crippen LogP contribution in [-0.2, 0) is 4.79 Å². The molecule has 0 spiro atoms. The summed E-state index contributed by atoms with van der Waals surface area (Å²) >= 11 is 0. The van der Waals surface area contributed by atoms with Gasteiger partial charge in [0.05, 0.1) is 5.70 Å². The lowest BCUT2D eigenvalue weighted by molar-refractivity contribution is -0.118. The molecule has 156 valence electrons. The Kier molecular flexibility index (Phi) is 3.81. The van der Waals surface area contributed by atoms with Crippen molar-refractivity contribution >= 4 is 17.3 Å². The smallest absolute Gasteiger partial charge is 0.192 e. The molecule has 0 amide bonds. The Bertz CT molecular complexity index is 1210. The van der Waals surface area contributed by atoms with E-state index >= 15 is 0 Å². The van der Waals surface area contributed by atoms with Crippen LogP contribution in [0.15, 0.2) is 65.4 Å². The third kappa shape index (κ3) is 2.72. The van der Waals surface area contributed by atoms with Crippen molar-refractivity contribution in [1.82, 2.24) is 4.90 Å². The predicted octanol–water partition coefficient (Wildman–Crippen LogP) is 5.81. The summed E-state index contributed by atoms with van der Waals surface area (Å²) in [6, 6.07) is 16.8. The average Bonchev–Trinajstić information content (AvgIpc) is 3.52. The normalized spacial score (nSPS) is 24.4. The Morgan fingerprint density at radius 1 is 0.871 bits per heavy atom. The van der Waals surface area contributed by atoms with Gasteiger partial charge < -0.3 is 4.90 Å². The molecule has 0 N–H and O–H groups in total. The number of ketones is 2. The molecular weight excluding hydrogens is 382 g/mol. The molecule has 3 heteroatoms. The van der Waals surface area contributed by atoms with Crippen molar-refractivity contribution in [3.8, 4) is 0 Å². The molecule has 1 unspecified atom stereocenters. The molecule has 1 heterocycles. The first-order valence-electron chi connectivity index (χ1n) is 11.4. The van der Waals surface area contributed by atoms with Crippen molar-refractivity contribution in [3.05, 3.63) is 87.6 Å². The van der Waals surface area contributed by atoms with E-state index in [-0.39, 0.29) is 22.9 Å². The molecule has 31 heavy (non-hydrogen) atoms. The molecule has 1 atom stereocenters. The van der Waals surface area contributed by atoms with Crippen molar-refractivity contribution in [2.45, 2.75) is 58.4 Å². The van der Waals surface area contributed by atoms with Crippen LogP contribution in [0, 0.1) is 12.3 Å². The van der Waals surface area contributed by atoms with Gasteiger partial charge in [-0.1, -0.05) is 67.9 Å². The first kappa shape index (κ1) is 18.8. The van der Waals surface area contributed by atoms with Crippen molar-refractivity contribution in [3.63, 3.8) is 0 Å². The number of allylic oxidation sites excluding steroid dienone is 3. The molecule has 6 rings (SSSR count). The fourth-order valence-electron chi connectivity index (χ4n) is 5.76. The molecule has 0 radical (unpaired) electrons. The summed E-state index contributed by atoms with van der Waals surface area (Å²) < 4.78 is 0. The summed E-state index contributed by atoms with van der Waals surface area (Å²) in [6.07, 6.45) is 3.65. The number of Topliss-reactive ketones (excluding diaryl/α,β-unsaturated/α-hetero) is 2. The number of fused-ring (bicyclic) bond motifs is 2. The molecule has 1 aliphatic heterocycles. The minimum absolute atomic E-state index is 0.0684. The summed E-state index contributed by atoms with van der Waals surface area (Å²) in [4.78, 5) is 29.8. The van der Waals surface area contributed by atoms with Crippen LogP contribution in [0.1, 0.15) is 72.5 Å². The fourth-order valence-corrected chi connectivity index (χ4v) is 5.76. The molecule has 3 aliphatic carbocycles. The van der Waals surface area contributed by atoms with Gasteiger partial charge in [0, 0.05) is 46.4 Å². The van der Waals surface area contributed by atoms with E-state index in [0.29, 0.717) is 12.5 Å². The highest BCUT2D eigenvalue weighted by atomic mass is 16.1. The van der Waals surface area contributed by atoms with Crippen LogP contribution in [0.4, 0.5) is 0 Å². The molecular formula is C28H27NO2. The summed E-state index contributed by atoms with van der Waals surface area (Å²) in [5.74, 6) is 0.0212. The summed E-state index contributed by atoms with van der Waals surface area (Å²) in [6.45, 7) is 6.45. The summed E-state index contributed by atoms with van der Waals surface area (Å²) in [7, 11) is 0. The second-order valence-corrected chi connectivity index (χ2v) is 10.4. The molecule has 1 fully saturated rings. The van der Waals surface area contributed by atoms with Crippen LogP contribution in [0.5, 0.6) is 0 Å². The Morgan fingerprint density at radius 2 is 1.55 bits per heavy atom. The molecule has 3 nitrogen and oxygen atoms in total. The highest BCUT2D eigenvalue weighted by molar-refractivity contribution is 6.23. The maximum atomic E-state index is 13.8. The lowest BCUT2D eigenvalue weighted by atomic mass is 9.68. The number of hydrogen-bond acceptors (Lipinski definition) is 3. The molecule has 4 aliphatic rings. The molecule has 2 aromatic carbocycles. The third-order valence-corrected chi connectivity index (χ3v) is 7.25. The highest BCUT2D eigenvalue weighted by Crippen LogP contribution is 2.57. The Morgan fingerprint density at radius 3 is 2.23 bits per heavy atom. The minimum Gasteiger partial charge on any atom is -0.341 e. The lowest BCUT2D eigenvalue weighted by Gasteiger charge is -2.45. The van der Waals surface area contributed by atoms with E-state index in [0.717, 1.165) is 58.5 Å². The van der Waals surface area contributed by atoms with Gasteiger partial charge in [-0.05, 0) is 37.2 Å². The van der Waals surface area contributed by atoms with Gasteiger partial charge in [0.25, 0.3) is 0 Å². The van der Waals surface area contributed by atoms with Crippen molar-refractivity contribution in [2.75, 3.05) is 0 Å². The fraction of sp³-hybridized carbons (Fsp3) is 0.357. The zero-order valence-corrected chi connectivity index (χ0v) is 18.4. The first-order chi connectivity index (χ1) is 14.9. The lowest BCUT2D eigenvalue weighted by Crippen LogP contribution is -2.40. The van der Waals surface area contributed by atoms with Crippen LogP contribution in [0.25, 0.3) is 5.70 Å². The number of hydrogen-bond donors (Lipinski definition) is 0. The topological polar surface area (TPSA) is 37.4 Å². The molecule has 0 bridgehead atoms. The number of benzene rings is 2. The van der Waals surface area contributed by atoms with Gasteiger partial charge in [0.2, 0.25) is 0 Å². The van der Waals surface area contributed by atoms with E-state index in [1.807, 2.05) is 18.2 Å². The minimum atomic E-state index is -0.274. The number of carbonyl (C=O) groups is 2. The van der Waals surface area contributed by atoms with Crippen LogP contribution in [0.2, 0.25) is 0 Å². The van der Waals surface area contributed by atoms with Gasteiger partial charge in [-0.3, -0.25) is 9.59 Å². The van der Waals surface area contributed by atoms with E-state index in [2.05, 4.69) is 56.0 Å². The van der Waals surface area contributed by atoms with Gasteiger partial charge in [-0.25, -0.2) is 0 Å². The van der Waals surface area contributed by atoms with E-state index in [1.54, 1.807) is 0 Å². The molecule has 2 aromatic rings. The van der Waals surface area contributed by atoms with E-state index < -0.39 is 0 Å². The Balaban J connectivity index is 1.65. The summed E-state index contributed by atoms with van der Waals surface area (Å²) in [5.41, 5.74) is 7.89. The van der Waals surface area contributed by atoms with Crippen molar-refractivity contribution in [2.24, 2.45) is 5.41 Å². The van der Waals surface area contributed by atoms with E-state index in [9.17, 15) is 9.59 Å². The maximum absolute atomic E-state index is 13.8. The van der Waals surface area contributed by atoms with Crippen molar-refractivity contribution in [1.29, 1.82) is 0 Å². The SMILES string of the molecule is Cc1ccc(C2C3=C(CC(C)(C)CC3=O)N(C3CC3)C3=C2C(=O)c2ccccc23)cc1. The number of aryl methyl sites for hydroxylation is 1. The third-order valence-electron chi connectivity index (χ3n) is 7.25. The van der Waals surface area contributed by atoms with Crippen LogP contribution >= 0.6 is 0 Å². The predicted molar refractivity (Wildman–Crippen MR) is 122 cm³/mol. The van der Waals surface area contributed by atoms with Gasteiger partial charge >= 0.3 is 0 Å². The summed E-state index contributed by atoms with van der Waals surface area (Å²) in [5, 5.41) is 0. The van der Waals surface area contributed by atoms with Gasteiger partial charge in [-0.2, -0.15) is 0 Å². The Labute approximate surface area is 183 Å². The van der Waals surface area contributed by atoms with Crippen LogP contribution in [-0.4, -0.2) is 22.5 Å². The largest absolute Gasteiger partial charge is 0.341 e. The standard InChI is InChI=1S/C28H27NO2/c1-16-8-10-17(11-9-16)23-24-21(14-28(2,3)15-22(24)30)29(18-12-13-18)26-19-6-4-5-7-20(19)27(31)25(23)26/h4-11,18,23H,12-15H2,1-3H3. The molecule has 0 saturated heterocycles. The quantitative estimate of drug-likeness (QED) is 0.628. The van der Waals surface area contributed by atoms with Crippen LogP contribution < -0.4 is 0 Å². The van der Waals surface area contributed by atoms with Crippen LogP contribution in [0.3, 0.4) is 0 Å². The highest BCUT2D eigenvalue weighted by Gasteiger charge is 2.51. The van der Waals surface area contributed by atoms with Gasteiger partial charge in [0.15, 0.2) is 11.6 Å². The number of nitrogens with zero attached hydrogens (tertiary/aromatic N) is 1. The maximum Gasteiger partial charge on any atom is 0.192 e. The van der Waals surface area contributed by atoms with Crippen molar-refractivity contribution < 1.29 is 9.59 Å². The number of carbonyl (C=O) groups excluding carboxylic acids is 2. The second kappa shape index (κ2) is 6.29. The molecule has 0 aromatic heterocycles. The second-order valence-electron chi connectivity index (χ2n) is 10.4.